The quantitative estimate of drug-likeness (QED) is 0.209. The van der Waals surface area contributed by atoms with E-state index in [0.29, 0.717) is 0 Å². The molecule has 0 amide bonds. The minimum absolute atomic E-state index is 0.775. The molecular formula is C25H17ClOS2. The van der Waals surface area contributed by atoms with Crippen LogP contribution in [0.3, 0.4) is 0 Å². The molecule has 4 aromatic carbocycles. The van der Waals surface area contributed by atoms with E-state index in [2.05, 4.69) is 36.4 Å². The average molecular weight is 433 g/mol. The van der Waals surface area contributed by atoms with Gasteiger partial charge < -0.3 is 4.42 Å². The highest BCUT2D eigenvalue weighted by Crippen LogP contribution is 2.72. The van der Waals surface area contributed by atoms with Gasteiger partial charge in [-0.15, -0.1) is 0 Å². The smallest absolute Gasteiger partial charge is 0.136 e. The van der Waals surface area contributed by atoms with E-state index in [9.17, 15) is 0 Å². The molecule has 5 aromatic rings. The predicted octanol–water partition coefficient (Wildman–Crippen LogP) is 8.75. The van der Waals surface area contributed by atoms with Crippen molar-refractivity contribution in [3.05, 3.63) is 108 Å². The molecule has 0 N–H and O–H groups in total. The molecule has 0 radical (unpaired) electrons. The van der Waals surface area contributed by atoms with Gasteiger partial charge in [0.25, 0.3) is 0 Å². The van der Waals surface area contributed by atoms with Gasteiger partial charge in [0.05, 0.1) is 4.51 Å². The van der Waals surface area contributed by atoms with Crippen molar-refractivity contribution >= 4 is 54.1 Å². The molecule has 5 rings (SSSR count). The molecule has 0 aliphatic rings. The first-order chi connectivity index (χ1) is 14.2. The second-order valence-corrected chi connectivity index (χ2v) is 11.0. The second kappa shape index (κ2) is 7.34. The third-order valence-corrected chi connectivity index (χ3v) is 9.80. The van der Waals surface area contributed by atoms with Gasteiger partial charge in [0, 0.05) is 25.5 Å². The molecule has 0 saturated carbocycles. The van der Waals surface area contributed by atoms with E-state index in [-0.39, 0.29) is 0 Å². The maximum absolute atomic E-state index is 7.51. The summed E-state index contributed by atoms with van der Waals surface area (Å²) >= 11 is 5.82. The molecule has 0 aliphatic heterocycles. The van der Waals surface area contributed by atoms with E-state index in [1.807, 2.05) is 66.7 Å². The minimum Gasteiger partial charge on any atom is -0.456 e. The highest BCUT2D eigenvalue weighted by atomic mass is 35.7. The van der Waals surface area contributed by atoms with Crippen molar-refractivity contribution in [2.75, 3.05) is 0 Å². The molecule has 1 nitrogen and oxygen atoms in total. The number of hydrogen-bond acceptors (Lipinski definition) is 2. The summed E-state index contributed by atoms with van der Waals surface area (Å²) in [6.07, 6.45) is 0. The minimum atomic E-state index is -1.95. The second-order valence-electron chi connectivity index (χ2n) is 6.75. The zero-order valence-corrected chi connectivity index (χ0v) is 17.8. The lowest BCUT2D eigenvalue weighted by molar-refractivity contribution is 0.660. The summed E-state index contributed by atoms with van der Waals surface area (Å²) in [5.74, 6) is 0. The number of benzene rings is 4. The molecule has 0 bridgehead atoms. The molecular weight excluding hydrogens is 416 g/mol. The van der Waals surface area contributed by atoms with E-state index in [4.69, 9.17) is 27.3 Å². The lowest BCUT2D eigenvalue weighted by Crippen LogP contribution is -1.97. The molecule has 0 aliphatic carbocycles. The zero-order chi connectivity index (χ0) is 19.8. The Morgan fingerprint density at radius 1 is 0.586 bits per heavy atom. The Morgan fingerprint density at radius 3 is 1.79 bits per heavy atom. The molecule has 0 atom stereocenters. The van der Waals surface area contributed by atoms with Gasteiger partial charge in [-0.3, -0.25) is 0 Å². The molecule has 0 unspecified atom stereocenters. The van der Waals surface area contributed by atoms with Crippen LogP contribution in [0.5, 0.6) is 0 Å². The van der Waals surface area contributed by atoms with E-state index < -0.39 is 9.24 Å². The van der Waals surface area contributed by atoms with E-state index in [1.54, 1.807) is 0 Å². The number of fused-ring (bicyclic) bond motifs is 2. The average Bonchev–Trinajstić information content (AvgIpc) is 2.80. The highest BCUT2D eigenvalue weighted by molar-refractivity contribution is 8.51. The fraction of sp³-hybridized carbons (Fsp3) is 0. The van der Waals surface area contributed by atoms with Crippen LogP contribution in [0.2, 0.25) is 0 Å². The van der Waals surface area contributed by atoms with Gasteiger partial charge >= 0.3 is 0 Å². The van der Waals surface area contributed by atoms with Crippen LogP contribution in [0.15, 0.2) is 122 Å². The monoisotopic (exact) mass is 432 g/mol. The third kappa shape index (κ3) is 3.06. The van der Waals surface area contributed by atoms with Crippen molar-refractivity contribution in [1.29, 1.82) is 0 Å². The van der Waals surface area contributed by atoms with Crippen LogP contribution >= 0.6 is 32.1 Å². The SMILES string of the molecule is S=c1c2ccccc2oc2ccc(S(Cl)(c3ccccc3)c3ccccc3)cc12. The Bertz CT molecular complexity index is 1340. The van der Waals surface area contributed by atoms with Gasteiger partial charge in [0.2, 0.25) is 0 Å². The molecule has 1 aromatic heterocycles. The first kappa shape index (κ1) is 18.4. The molecule has 142 valence electrons. The van der Waals surface area contributed by atoms with E-state index in [0.717, 1.165) is 41.1 Å². The summed E-state index contributed by atoms with van der Waals surface area (Å²) in [6.45, 7) is 0. The Kier molecular flexibility index (Phi) is 4.67. The summed E-state index contributed by atoms with van der Waals surface area (Å²) < 4.78 is 6.90. The predicted molar refractivity (Wildman–Crippen MR) is 126 cm³/mol. The zero-order valence-electron chi connectivity index (χ0n) is 15.4. The maximum atomic E-state index is 7.51. The Labute approximate surface area is 180 Å². The van der Waals surface area contributed by atoms with Crippen molar-refractivity contribution < 1.29 is 4.42 Å². The van der Waals surface area contributed by atoms with Gasteiger partial charge in [-0.25, -0.2) is 0 Å². The molecule has 4 heteroatoms. The van der Waals surface area contributed by atoms with Crippen LogP contribution < -0.4 is 0 Å². The number of hydrogen-bond donors (Lipinski definition) is 0. The van der Waals surface area contributed by atoms with Crippen LogP contribution in [0.4, 0.5) is 0 Å². The lowest BCUT2D eigenvalue weighted by Gasteiger charge is -2.34. The van der Waals surface area contributed by atoms with Crippen LogP contribution in [0, 0.1) is 4.51 Å². The summed E-state index contributed by atoms with van der Waals surface area (Å²) in [5.41, 5.74) is 1.57. The molecule has 0 fully saturated rings. The van der Waals surface area contributed by atoms with E-state index >= 15 is 0 Å². The largest absolute Gasteiger partial charge is 0.456 e. The summed E-state index contributed by atoms with van der Waals surface area (Å²) in [6, 6.07) is 34.6. The van der Waals surface area contributed by atoms with Crippen molar-refractivity contribution in [2.45, 2.75) is 14.7 Å². The maximum Gasteiger partial charge on any atom is 0.136 e. The first-order valence-corrected chi connectivity index (χ1v) is 12.1. The standard InChI is InChI=1S/C25H17ClOS2/c26-29(18-9-3-1-4-10-18,19-11-5-2-6-12-19)20-15-16-24-22(17-20)25(28)21-13-7-8-14-23(21)27-24/h1-17H. The third-order valence-electron chi connectivity index (χ3n) is 5.01. The van der Waals surface area contributed by atoms with E-state index in [1.165, 1.54) is 0 Å². The Hall–Kier alpha value is -2.59. The van der Waals surface area contributed by atoms with Gasteiger partial charge in [0.15, 0.2) is 0 Å². The van der Waals surface area contributed by atoms with Crippen molar-refractivity contribution in [3.63, 3.8) is 0 Å². The van der Waals surface area contributed by atoms with Gasteiger partial charge in [-0.05, 0) is 54.6 Å². The normalized spacial score (nSPS) is 12.3. The molecule has 0 saturated heterocycles. The van der Waals surface area contributed by atoms with Crippen LogP contribution in [-0.2, 0) is 0 Å². The lowest BCUT2D eigenvalue weighted by atomic mass is 10.1. The van der Waals surface area contributed by atoms with Crippen LogP contribution in [-0.4, -0.2) is 0 Å². The first-order valence-electron chi connectivity index (χ1n) is 9.27. The fourth-order valence-corrected chi connectivity index (χ4v) is 7.23. The van der Waals surface area contributed by atoms with Crippen molar-refractivity contribution in [3.8, 4) is 0 Å². The van der Waals surface area contributed by atoms with Crippen molar-refractivity contribution in [1.82, 2.24) is 0 Å². The Morgan fingerprint density at radius 2 is 1.14 bits per heavy atom. The van der Waals surface area contributed by atoms with Crippen molar-refractivity contribution in [2.24, 2.45) is 0 Å². The van der Waals surface area contributed by atoms with Gasteiger partial charge in [-0.1, -0.05) is 80.7 Å². The molecule has 1 heterocycles. The fourth-order valence-electron chi connectivity index (χ4n) is 3.58. The van der Waals surface area contributed by atoms with Crippen LogP contribution in [0.25, 0.3) is 21.9 Å². The molecule has 0 spiro atoms. The van der Waals surface area contributed by atoms with Gasteiger partial charge in [-0.2, -0.15) is 0 Å². The van der Waals surface area contributed by atoms with Gasteiger partial charge in [0.1, 0.15) is 11.2 Å². The number of halogens is 1. The van der Waals surface area contributed by atoms with Crippen LogP contribution in [0.1, 0.15) is 0 Å². The Balaban J connectivity index is 1.82. The highest BCUT2D eigenvalue weighted by Gasteiger charge is 2.29. The summed E-state index contributed by atoms with van der Waals surface area (Å²) in [7, 11) is 5.55. The number of rotatable bonds is 3. The summed E-state index contributed by atoms with van der Waals surface area (Å²) in [5, 5.41) is 1.86. The molecule has 29 heavy (non-hydrogen) atoms. The topological polar surface area (TPSA) is 13.1 Å². The summed E-state index contributed by atoms with van der Waals surface area (Å²) in [4.78, 5) is 3.23. The number of para-hydroxylation sites is 1.